The van der Waals surface area contributed by atoms with Crippen LogP contribution < -0.4 is 4.74 Å². The second kappa shape index (κ2) is 12.5. The molecular weight excluding hydrogens is 563 g/mol. The minimum absolute atomic E-state index is 0.0176. The zero-order valence-corrected chi connectivity index (χ0v) is 24.8. The number of halogens is 1. The monoisotopic (exact) mass is 596 g/mol. The maximum absolute atomic E-state index is 14.0. The maximum Gasteiger partial charge on any atom is 0.455 e. The summed E-state index contributed by atoms with van der Waals surface area (Å²) in [5.74, 6) is -0.587. The summed E-state index contributed by atoms with van der Waals surface area (Å²) in [7, 11) is -1.05. The first-order valence-corrected chi connectivity index (χ1v) is 15.3. The fourth-order valence-electron chi connectivity index (χ4n) is 7.01. The number of ketones is 2. The molecule has 43 heavy (non-hydrogen) atoms. The Labute approximate surface area is 257 Å². The SMILES string of the molecule is CC/C(=C\c1ccc(O)cc1Cl)CC[C@H]1OB(O)C[C@H]2C1=C(COc1ccccc1)C[C@H]1C(=O)c3ccccc3C(=O)[C@H]12. The van der Waals surface area contributed by atoms with Gasteiger partial charge in [-0.05, 0) is 85.0 Å². The van der Waals surface area contributed by atoms with E-state index in [1.165, 1.54) is 6.07 Å². The Morgan fingerprint density at radius 3 is 2.47 bits per heavy atom. The van der Waals surface area contributed by atoms with Crippen molar-refractivity contribution in [3.63, 3.8) is 0 Å². The molecular formula is C35H34BClO6. The molecule has 3 aliphatic rings. The van der Waals surface area contributed by atoms with Crippen LogP contribution in [0.1, 0.15) is 58.9 Å². The van der Waals surface area contributed by atoms with Gasteiger partial charge in [-0.25, -0.2) is 0 Å². The molecule has 220 valence electrons. The Balaban J connectivity index is 1.35. The van der Waals surface area contributed by atoms with Gasteiger partial charge in [-0.2, -0.15) is 0 Å². The predicted octanol–water partition coefficient (Wildman–Crippen LogP) is 7.21. The van der Waals surface area contributed by atoms with Crippen LogP contribution in [-0.2, 0) is 4.65 Å². The van der Waals surface area contributed by atoms with Gasteiger partial charge in [0.2, 0.25) is 0 Å². The first-order valence-electron chi connectivity index (χ1n) is 14.9. The van der Waals surface area contributed by atoms with Crippen LogP contribution in [0.3, 0.4) is 0 Å². The fraction of sp³-hybridized carbons (Fsp3) is 0.314. The van der Waals surface area contributed by atoms with Crippen LogP contribution in [0.25, 0.3) is 6.08 Å². The van der Waals surface area contributed by atoms with E-state index in [2.05, 4.69) is 6.92 Å². The van der Waals surface area contributed by atoms with Crippen LogP contribution in [0.2, 0.25) is 11.3 Å². The predicted molar refractivity (Wildman–Crippen MR) is 167 cm³/mol. The van der Waals surface area contributed by atoms with Crippen molar-refractivity contribution >= 4 is 36.4 Å². The van der Waals surface area contributed by atoms with Gasteiger partial charge in [-0.3, -0.25) is 9.59 Å². The summed E-state index contributed by atoms with van der Waals surface area (Å²) < 4.78 is 12.4. The summed E-state index contributed by atoms with van der Waals surface area (Å²) in [5.41, 5.74) is 4.87. The molecule has 2 N–H and O–H groups in total. The minimum atomic E-state index is -1.05. The van der Waals surface area contributed by atoms with Crippen molar-refractivity contribution in [2.24, 2.45) is 17.8 Å². The average Bonchev–Trinajstić information content (AvgIpc) is 3.01. The second-order valence-corrected chi connectivity index (χ2v) is 12.0. The maximum atomic E-state index is 14.0. The molecule has 2 aliphatic carbocycles. The van der Waals surface area contributed by atoms with Gasteiger partial charge >= 0.3 is 7.12 Å². The van der Waals surface area contributed by atoms with Crippen molar-refractivity contribution in [1.29, 1.82) is 0 Å². The number of phenols is 1. The van der Waals surface area contributed by atoms with E-state index in [-0.39, 0.29) is 36.2 Å². The smallest absolute Gasteiger partial charge is 0.455 e. The van der Waals surface area contributed by atoms with Gasteiger partial charge < -0.3 is 19.5 Å². The molecule has 6 rings (SSSR count). The number of aromatic hydroxyl groups is 1. The van der Waals surface area contributed by atoms with Crippen molar-refractivity contribution in [1.82, 2.24) is 0 Å². The third-order valence-corrected chi connectivity index (χ3v) is 9.37. The number of ether oxygens (including phenoxy) is 1. The van der Waals surface area contributed by atoms with Gasteiger partial charge in [0.05, 0.1) is 11.1 Å². The lowest BCUT2D eigenvalue weighted by Gasteiger charge is -2.47. The van der Waals surface area contributed by atoms with Crippen molar-refractivity contribution in [3.05, 3.63) is 111 Å². The molecule has 0 spiro atoms. The van der Waals surface area contributed by atoms with Gasteiger partial charge in [-0.1, -0.05) is 72.6 Å². The van der Waals surface area contributed by atoms with Crippen LogP contribution in [0.4, 0.5) is 0 Å². The number of para-hydroxylation sites is 1. The molecule has 0 bridgehead atoms. The van der Waals surface area contributed by atoms with Crippen LogP contribution >= 0.6 is 11.6 Å². The van der Waals surface area contributed by atoms with Crippen LogP contribution in [0.15, 0.2) is 89.5 Å². The molecule has 0 unspecified atom stereocenters. The van der Waals surface area contributed by atoms with E-state index in [4.69, 9.17) is 21.0 Å². The number of carbonyl (C=O) groups excluding carboxylic acids is 2. The molecule has 1 heterocycles. The van der Waals surface area contributed by atoms with Crippen molar-refractivity contribution < 1.29 is 29.1 Å². The molecule has 3 aromatic carbocycles. The van der Waals surface area contributed by atoms with E-state index in [1.54, 1.807) is 36.4 Å². The van der Waals surface area contributed by atoms with E-state index in [9.17, 15) is 19.7 Å². The highest BCUT2D eigenvalue weighted by Crippen LogP contribution is 2.51. The molecule has 8 heteroatoms. The van der Waals surface area contributed by atoms with E-state index >= 15 is 0 Å². The van der Waals surface area contributed by atoms with E-state index in [1.807, 2.05) is 36.4 Å². The highest BCUT2D eigenvalue weighted by atomic mass is 35.5. The fourth-order valence-corrected chi connectivity index (χ4v) is 7.24. The number of benzene rings is 3. The molecule has 1 fully saturated rings. The van der Waals surface area contributed by atoms with Crippen molar-refractivity contribution in [3.8, 4) is 11.5 Å². The largest absolute Gasteiger partial charge is 0.508 e. The topological polar surface area (TPSA) is 93.1 Å². The number of phenolic OH excluding ortho intramolecular Hbond substituents is 1. The van der Waals surface area contributed by atoms with Gasteiger partial charge in [0.1, 0.15) is 18.1 Å². The number of hydrogen-bond donors (Lipinski definition) is 2. The van der Waals surface area contributed by atoms with Gasteiger partial charge in [0, 0.05) is 23.0 Å². The zero-order chi connectivity index (χ0) is 30.1. The summed E-state index contributed by atoms with van der Waals surface area (Å²) in [6, 6.07) is 21.5. The molecule has 1 saturated heterocycles. The highest BCUT2D eigenvalue weighted by Gasteiger charge is 2.53. The molecule has 0 saturated carbocycles. The lowest BCUT2D eigenvalue weighted by atomic mass is 9.54. The Bertz CT molecular complexity index is 1600. The van der Waals surface area contributed by atoms with E-state index in [0.29, 0.717) is 35.4 Å². The minimum Gasteiger partial charge on any atom is -0.508 e. The lowest BCUT2D eigenvalue weighted by Crippen LogP contribution is -2.51. The Morgan fingerprint density at radius 2 is 1.74 bits per heavy atom. The van der Waals surface area contributed by atoms with Crippen molar-refractivity contribution in [2.45, 2.75) is 45.0 Å². The van der Waals surface area contributed by atoms with E-state index in [0.717, 1.165) is 34.5 Å². The number of rotatable bonds is 8. The third-order valence-electron chi connectivity index (χ3n) is 9.04. The molecule has 4 atom stereocenters. The van der Waals surface area contributed by atoms with Gasteiger partial charge in [0.15, 0.2) is 11.6 Å². The number of fused-ring (bicyclic) bond motifs is 4. The molecule has 0 amide bonds. The summed E-state index contributed by atoms with van der Waals surface area (Å²) in [4.78, 5) is 27.7. The number of allylic oxidation sites excluding steroid dienone is 1. The normalized spacial score (nSPS) is 23.5. The first-order chi connectivity index (χ1) is 20.8. The molecule has 6 nitrogen and oxygen atoms in total. The number of carbonyl (C=O) groups is 2. The van der Waals surface area contributed by atoms with Gasteiger partial charge in [-0.15, -0.1) is 0 Å². The van der Waals surface area contributed by atoms with Crippen LogP contribution in [0, 0.1) is 17.8 Å². The Morgan fingerprint density at radius 1 is 1.02 bits per heavy atom. The standard InChI is InChI=1S/C35H34BClO6/c1-2-21(16-22-13-14-24(38)18-30(22)37)12-15-31-32-23(20-42-25-8-4-3-5-9-25)17-28-33(29(32)19-36(41)43-31)35(40)27-11-7-6-10-26(27)34(28)39/h3-11,13-14,16,18,28-29,31,33,38,41H,2,12,15,17,19-20H2,1H3/b21-16+/t28-,29+,31-,33-/m1/s1. The number of hydrogen-bond acceptors (Lipinski definition) is 6. The Kier molecular flexibility index (Phi) is 8.58. The lowest BCUT2D eigenvalue weighted by molar-refractivity contribution is 0.0592. The molecule has 3 aromatic rings. The molecule has 1 aliphatic heterocycles. The quantitative estimate of drug-likeness (QED) is 0.211. The van der Waals surface area contributed by atoms with E-state index < -0.39 is 25.1 Å². The zero-order valence-electron chi connectivity index (χ0n) is 24.0. The van der Waals surface area contributed by atoms with Crippen LogP contribution in [0.5, 0.6) is 11.5 Å². The molecule has 0 aromatic heterocycles. The summed E-state index contributed by atoms with van der Waals surface area (Å²) in [6.45, 7) is 2.35. The summed E-state index contributed by atoms with van der Waals surface area (Å²) >= 11 is 6.38. The average molecular weight is 597 g/mol. The number of Topliss-reactive ketones (excluding diaryl/α,β-unsaturated/α-hetero) is 2. The molecule has 0 radical (unpaired) electrons. The first kappa shape index (κ1) is 29.4. The summed E-state index contributed by atoms with van der Waals surface area (Å²) in [6.07, 6.45) is 4.31. The third kappa shape index (κ3) is 5.94. The van der Waals surface area contributed by atoms with Crippen LogP contribution in [-0.4, -0.2) is 41.5 Å². The van der Waals surface area contributed by atoms with Crippen molar-refractivity contribution in [2.75, 3.05) is 6.61 Å². The Hall–Kier alpha value is -3.65. The second-order valence-electron chi connectivity index (χ2n) is 11.6. The highest BCUT2D eigenvalue weighted by molar-refractivity contribution is 6.43. The van der Waals surface area contributed by atoms with Gasteiger partial charge in [0.25, 0.3) is 0 Å². The summed E-state index contributed by atoms with van der Waals surface area (Å²) in [5, 5.41) is 21.2.